The lowest BCUT2D eigenvalue weighted by Crippen LogP contribution is -2.40. The van der Waals surface area contributed by atoms with Crippen molar-refractivity contribution < 1.29 is 9.84 Å². The third-order valence-electron chi connectivity index (χ3n) is 4.86. The van der Waals surface area contributed by atoms with Gasteiger partial charge in [0.15, 0.2) is 0 Å². The van der Waals surface area contributed by atoms with Crippen LogP contribution in [0.15, 0.2) is 53.9 Å². The van der Waals surface area contributed by atoms with E-state index in [1.54, 1.807) is 11.3 Å². The molecule has 0 radical (unpaired) electrons. The smallest absolute Gasteiger partial charge is 0.120 e. The van der Waals surface area contributed by atoms with Crippen LogP contribution in [0.3, 0.4) is 0 Å². The van der Waals surface area contributed by atoms with Crippen molar-refractivity contribution >= 4 is 21.4 Å². The number of ether oxygens (including phenoxy) is 1. The summed E-state index contributed by atoms with van der Waals surface area (Å²) < 4.78 is 7.01. The Balaban J connectivity index is 1.24. The average molecular weight is 353 g/mol. The summed E-state index contributed by atoms with van der Waals surface area (Å²) in [5.74, 6) is 0.816. The highest BCUT2D eigenvalue weighted by Crippen LogP contribution is 2.25. The summed E-state index contributed by atoms with van der Waals surface area (Å²) in [4.78, 5) is 0. The molecule has 1 aliphatic carbocycles. The first-order valence-corrected chi connectivity index (χ1v) is 9.74. The Kier molecular flexibility index (Phi) is 5.02. The van der Waals surface area contributed by atoms with Gasteiger partial charge >= 0.3 is 0 Å². The van der Waals surface area contributed by atoms with E-state index in [2.05, 4.69) is 47.1 Å². The lowest BCUT2D eigenvalue weighted by Gasteiger charge is -2.26. The minimum atomic E-state index is -0.504. The van der Waals surface area contributed by atoms with Gasteiger partial charge in [-0.05, 0) is 65.4 Å². The van der Waals surface area contributed by atoms with Crippen molar-refractivity contribution in [3.05, 3.63) is 65.0 Å². The molecule has 4 rings (SSSR count). The van der Waals surface area contributed by atoms with Crippen molar-refractivity contribution in [2.45, 2.75) is 31.4 Å². The number of thiophene rings is 1. The van der Waals surface area contributed by atoms with Crippen LogP contribution in [0.4, 0.5) is 0 Å². The number of benzene rings is 2. The van der Waals surface area contributed by atoms with Gasteiger partial charge in [-0.15, -0.1) is 11.3 Å². The van der Waals surface area contributed by atoms with Gasteiger partial charge in [0.25, 0.3) is 0 Å². The van der Waals surface area contributed by atoms with E-state index >= 15 is 0 Å². The van der Waals surface area contributed by atoms with Crippen LogP contribution in [-0.2, 0) is 12.8 Å². The van der Waals surface area contributed by atoms with Gasteiger partial charge in [0.1, 0.15) is 18.5 Å². The van der Waals surface area contributed by atoms with Crippen molar-refractivity contribution in [3.63, 3.8) is 0 Å². The summed E-state index contributed by atoms with van der Waals surface area (Å²) in [6, 6.07) is 17.2. The standard InChI is InChI=1S/C21H23NO2S/c23-19(14-24-20-7-8-21-17(12-20)9-10-25-21)13-22-18-6-5-15-3-1-2-4-16(15)11-18/h1-4,7-10,12,18-19,22-23H,5-6,11,13-14H2. The Morgan fingerprint density at radius 3 is 2.96 bits per heavy atom. The zero-order chi connectivity index (χ0) is 17.1. The number of nitrogens with one attached hydrogen (secondary N) is 1. The number of aliphatic hydroxyl groups is 1. The molecular weight excluding hydrogens is 330 g/mol. The molecule has 25 heavy (non-hydrogen) atoms. The fourth-order valence-electron chi connectivity index (χ4n) is 3.46. The first-order chi connectivity index (χ1) is 12.3. The van der Waals surface area contributed by atoms with Crippen LogP contribution < -0.4 is 10.1 Å². The molecule has 0 aliphatic heterocycles. The van der Waals surface area contributed by atoms with E-state index in [1.165, 1.54) is 21.2 Å². The quantitative estimate of drug-likeness (QED) is 0.708. The van der Waals surface area contributed by atoms with Gasteiger partial charge in [0.05, 0.1) is 0 Å². The Morgan fingerprint density at radius 2 is 2.04 bits per heavy atom. The second kappa shape index (κ2) is 7.56. The van der Waals surface area contributed by atoms with Crippen molar-refractivity contribution in [2.24, 2.45) is 0 Å². The third kappa shape index (κ3) is 4.03. The minimum absolute atomic E-state index is 0.311. The summed E-state index contributed by atoms with van der Waals surface area (Å²) in [5.41, 5.74) is 2.90. The number of aryl methyl sites for hydroxylation is 1. The molecule has 1 aliphatic rings. The zero-order valence-electron chi connectivity index (χ0n) is 14.2. The summed E-state index contributed by atoms with van der Waals surface area (Å²) in [6.45, 7) is 0.874. The topological polar surface area (TPSA) is 41.5 Å². The number of rotatable bonds is 6. The van der Waals surface area contributed by atoms with Crippen LogP contribution in [0.1, 0.15) is 17.5 Å². The van der Waals surface area contributed by atoms with Gasteiger partial charge in [-0.2, -0.15) is 0 Å². The Hall–Kier alpha value is -1.88. The Labute approximate surface area is 152 Å². The van der Waals surface area contributed by atoms with Crippen molar-refractivity contribution in [3.8, 4) is 5.75 Å². The van der Waals surface area contributed by atoms with Crippen molar-refractivity contribution in [1.29, 1.82) is 0 Å². The number of aliphatic hydroxyl groups excluding tert-OH is 1. The van der Waals surface area contributed by atoms with E-state index in [9.17, 15) is 5.11 Å². The van der Waals surface area contributed by atoms with Gasteiger partial charge in [-0.25, -0.2) is 0 Å². The maximum Gasteiger partial charge on any atom is 0.120 e. The molecule has 2 atom stereocenters. The van der Waals surface area contributed by atoms with E-state index in [4.69, 9.17) is 4.74 Å². The largest absolute Gasteiger partial charge is 0.491 e. The molecule has 1 heterocycles. The highest BCUT2D eigenvalue weighted by atomic mass is 32.1. The van der Waals surface area contributed by atoms with E-state index in [1.807, 2.05) is 12.1 Å². The fraction of sp³-hybridized carbons (Fsp3) is 0.333. The van der Waals surface area contributed by atoms with Crippen LogP contribution in [0.25, 0.3) is 10.1 Å². The molecule has 3 aromatic rings. The predicted octanol–water partition coefficient (Wildman–Crippen LogP) is 3.79. The normalized spacial score (nSPS) is 18.0. The summed E-state index contributed by atoms with van der Waals surface area (Å²) >= 11 is 1.72. The predicted molar refractivity (Wildman–Crippen MR) is 104 cm³/mol. The van der Waals surface area contributed by atoms with E-state index < -0.39 is 6.10 Å². The van der Waals surface area contributed by atoms with E-state index in [0.29, 0.717) is 19.2 Å². The van der Waals surface area contributed by atoms with Crippen molar-refractivity contribution in [2.75, 3.05) is 13.2 Å². The van der Waals surface area contributed by atoms with E-state index in [-0.39, 0.29) is 0 Å². The molecular formula is C21H23NO2S. The summed E-state index contributed by atoms with van der Waals surface area (Å²) in [5, 5.41) is 17.0. The van der Waals surface area contributed by atoms with Crippen LogP contribution >= 0.6 is 11.3 Å². The molecule has 0 saturated heterocycles. The van der Waals surface area contributed by atoms with Crippen LogP contribution in [0.5, 0.6) is 5.75 Å². The van der Waals surface area contributed by atoms with Crippen LogP contribution in [-0.4, -0.2) is 30.4 Å². The third-order valence-corrected chi connectivity index (χ3v) is 5.75. The molecule has 2 aromatic carbocycles. The maximum atomic E-state index is 10.2. The molecule has 130 valence electrons. The number of hydrogen-bond donors (Lipinski definition) is 2. The van der Waals surface area contributed by atoms with Gasteiger partial charge < -0.3 is 15.2 Å². The Bertz CT molecular complexity index is 845. The molecule has 2 N–H and O–H groups in total. The van der Waals surface area contributed by atoms with Crippen LogP contribution in [0.2, 0.25) is 0 Å². The van der Waals surface area contributed by atoms with Crippen LogP contribution in [0, 0.1) is 0 Å². The van der Waals surface area contributed by atoms with E-state index in [0.717, 1.165) is 25.0 Å². The van der Waals surface area contributed by atoms with Crippen molar-refractivity contribution in [1.82, 2.24) is 5.32 Å². The SMILES string of the molecule is OC(CNC1CCc2ccccc2C1)COc1ccc2sccc2c1. The average Bonchev–Trinajstić information content (AvgIpc) is 3.12. The number of fused-ring (bicyclic) bond motifs is 2. The van der Waals surface area contributed by atoms with Gasteiger partial charge in [-0.1, -0.05) is 24.3 Å². The lowest BCUT2D eigenvalue weighted by atomic mass is 9.88. The molecule has 4 heteroatoms. The second-order valence-corrected chi connectivity index (χ2v) is 7.65. The maximum absolute atomic E-state index is 10.2. The van der Waals surface area contributed by atoms with Gasteiger partial charge in [-0.3, -0.25) is 0 Å². The number of hydrogen-bond acceptors (Lipinski definition) is 4. The molecule has 0 amide bonds. The van der Waals surface area contributed by atoms with Gasteiger partial charge in [0.2, 0.25) is 0 Å². The highest BCUT2D eigenvalue weighted by Gasteiger charge is 2.18. The molecule has 0 fully saturated rings. The van der Waals surface area contributed by atoms with Gasteiger partial charge in [0, 0.05) is 17.3 Å². The first-order valence-electron chi connectivity index (χ1n) is 8.86. The summed E-state index contributed by atoms with van der Waals surface area (Å²) in [7, 11) is 0. The molecule has 0 bridgehead atoms. The minimum Gasteiger partial charge on any atom is -0.491 e. The molecule has 3 nitrogen and oxygen atoms in total. The monoisotopic (exact) mass is 353 g/mol. The Morgan fingerprint density at radius 1 is 1.16 bits per heavy atom. The first kappa shape index (κ1) is 16.6. The molecule has 2 unspecified atom stereocenters. The molecule has 0 spiro atoms. The second-order valence-electron chi connectivity index (χ2n) is 6.70. The summed E-state index contributed by atoms with van der Waals surface area (Å²) in [6.07, 6.45) is 2.77. The molecule has 0 saturated carbocycles. The molecule has 1 aromatic heterocycles. The highest BCUT2D eigenvalue weighted by molar-refractivity contribution is 7.17. The lowest BCUT2D eigenvalue weighted by molar-refractivity contribution is 0.103. The fourth-order valence-corrected chi connectivity index (χ4v) is 4.23. The zero-order valence-corrected chi connectivity index (χ0v) is 15.0.